The van der Waals surface area contributed by atoms with Crippen LogP contribution in [-0.4, -0.2) is 90.8 Å². The molecule has 27 heavy (non-hydrogen) atoms. The third-order valence-corrected chi connectivity index (χ3v) is 5.23. The quantitative estimate of drug-likeness (QED) is 0.797. The van der Waals surface area contributed by atoms with Gasteiger partial charge in [0.05, 0.1) is 26.3 Å². The van der Waals surface area contributed by atoms with Crippen LogP contribution in [0.4, 0.5) is 4.39 Å². The van der Waals surface area contributed by atoms with Crippen LogP contribution in [0.25, 0.3) is 0 Å². The van der Waals surface area contributed by atoms with Crippen LogP contribution >= 0.6 is 0 Å². The van der Waals surface area contributed by atoms with Gasteiger partial charge in [-0.05, 0) is 39.0 Å². The molecular weight excluding hydrogens is 349 g/mol. The van der Waals surface area contributed by atoms with Gasteiger partial charge in [-0.2, -0.15) is 0 Å². The van der Waals surface area contributed by atoms with Crippen molar-refractivity contribution in [2.75, 3.05) is 59.5 Å². The number of rotatable bonds is 6. The molecule has 0 aromatic heterocycles. The maximum atomic E-state index is 13.8. The van der Waals surface area contributed by atoms with Crippen molar-refractivity contribution >= 4 is 5.91 Å². The van der Waals surface area contributed by atoms with E-state index in [0.717, 1.165) is 25.9 Å². The number of likely N-dealkylation sites (tertiary alicyclic amines) is 1. The lowest BCUT2D eigenvalue weighted by molar-refractivity contribution is -0.135. The second-order valence-corrected chi connectivity index (χ2v) is 7.84. The molecule has 0 spiro atoms. The topological polar surface area (TPSA) is 56.3 Å². The SMILES string of the molecule is CN(CC(=O)N1CCOC[C@](O)(CN2CCCC2)C1)Cc1ccccc1F. The van der Waals surface area contributed by atoms with Gasteiger partial charge in [-0.15, -0.1) is 0 Å². The summed E-state index contributed by atoms with van der Waals surface area (Å²) in [6.07, 6.45) is 2.31. The first-order chi connectivity index (χ1) is 13.0. The largest absolute Gasteiger partial charge is 0.384 e. The zero-order chi connectivity index (χ0) is 19.3. The first-order valence-electron chi connectivity index (χ1n) is 9.67. The molecule has 150 valence electrons. The van der Waals surface area contributed by atoms with E-state index < -0.39 is 5.60 Å². The Bertz CT molecular complexity index is 639. The lowest BCUT2D eigenvalue weighted by Gasteiger charge is -2.34. The van der Waals surface area contributed by atoms with Crippen molar-refractivity contribution in [3.05, 3.63) is 35.6 Å². The molecule has 6 nitrogen and oxygen atoms in total. The molecule has 2 aliphatic rings. The van der Waals surface area contributed by atoms with Crippen LogP contribution < -0.4 is 0 Å². The summed E-state index contributed by atoms with van der Waals surface area (Å²) in [4.78, 5) is 18.5. The molecule has 0 saturated carbocycles. The molecular formula is C20H30FN3O3. The van der Waals surface area contributed by atoms with E-state index in [-0.39, 0.29) is 31.4 Å². The molecule has 1 N–H and O–H groups in total. The fourth-order valence-electron chi connectivity index (χ4n) is 3.89. The molecule has 2 aliphatic heterocycles. The Morgan fingerprint density at radius 2 is 2.04 bits per heavy atom. The van der Waals surface area contributed by atoms with Gasteiger partial charge in [-0.3, -0.25) is 9.69 Å². The van der Waals surface area contributed by atoms with E-state index >= 15 is 0 Å². The first kappa shape index (κ1) is 20.2. The zero-order valence-electron chi connectivity index (χ0n) is 16.1. The van der Waals surface area contributed by atoms with Crippen molar-refractivity contribution in [3.8, 4) is 0 Å². The van der Waals surface area contributed by atoms with Crippen LogP contribution in [0, 0.1) is 5.82 Å². The number of halogens is 1. The number of hydrogen-bond donors (Lipinski definition) is 1. The number of β-amino-alcohol motifs (C(OH)–C–C–N with tert-alkyl or cyclic N) is 1. The van der Waals surface area contributed by atoms with Gasteiger partial charge in [0.2, 0.25) is 5.91 Å². The highest BCUT2D eigenvalue weighted by Crippen LogP contribution is 2.18. The van der Waals surface area contributed by atoms with Crippen molar-refractivity contribution in [3.63, 3.8) is 0 Å². The minimum Gasteiger partial charge on any atom is -0.384 e. The minimum atomic E-state index is -1.04. The van der Waals surface area contributed by atoms with Gasteiger partial charge in [0.25, 0.3) is 0 Å². The summed E-state index contributed by atoms with van der Waals surface area (Å²) >= 11 is 0. The molecule has 0 unspecified atom stereocenters. The van der Waals surface area contributed by atoms with E-state index in [1.807, 2.05) is 0 Å². The van der Waals surface area contributed by atoms with Gasteiger partial charge in [0.15, 0.2) is 0 Å². The summed E-state index contributed by atoms with van der Waals surface area (Å²) < 4.78 is 19.4. The highest BCUT2D eigenvalue weighted by molar-refractivity contribution is 5.78. The highest BCUT2D eigenvalue weighted by atomic mass is 19.1. The van der Waals surface area contributed by atoms with Gasteiger partial charge < -0.3 is 19.6 Å². The average Bonchev–Trinajstić information content (AvgIpc) is 3.04. The fourth-order valence-corrected chi connectivity index (χ4v) is 3.89. The van der Waals surface area contributed by atoms with Gasteiger partial charge in [0, 0.05) is 25.2 Å². The maximum absolute atomic E-state index is 13.8. The summed E-state index contributed by atoms with van der Waals surface area (Å²) in [5.74, 6) is -0.334. The molecule has 3 rings (SSSR count). The van der Waals surface area contributed by atoms with Gasteiger partial charge in [-0.25, -0.2) is 4.39 Å². The predicted molar refractivity (Wildman–Crippen MR) is 101 cm³/mol. The standard InChI is InChI=1S/C20H30FN3O3/c1-22(12-17-6-2-3-7-18(17)21)13-19(25)24-10-11-27-16-20(26,15-24)14-23-8-4-5-9-23/h2-3,6-7,26H,4-5,8-16H2,1H3/t20-/m0/s1. The van der Waals surface area contributed by atoms with E-state index in [1.165, 1.54) is 6.07 Å². The first-order valence-corrected chi connectivity index (χ1v) is 9.67. The molecule has 2 fully saturated rings. The van der Waals surface area contributed by atoms with Crippen LogP contribution in [0.15, 0.2) is 24.3 Å². The number of nitrogens with zero attached hydrogens (tertiary/aromatic N) is 3. The van der Waals surface area contributed by atoms with Crippen molar-refractivity contribution < 1.29 is 19.0 Å². The molecule has 0 radical (unpaired) electrons. The Morgan fingerprint density at radius 3 is 2.78 bits per heavy atom. The van der Waals surface area contributed by atoms with E-state index in [0.29, 0.717) is 31.8 Å². The van der Waals surface area contributed by atoms with Gasteiger partial charge >= 0.3 is 0 Å². The third kappa shape index (κ3) is 5.72. The van der Waals surface area contributed by atoms with Crippen LogP contribution in [0.1, 0.15) is 18.4 Å². The van der Waals surface area contributed by atoms with Crippen molar-refractivity contribution in [1.82, 2.24) is 14.7 Å². The van der Waals surface area contributed by atoms with Gasteiger partial charge in [-0.1, -0.05) is 18.2 Å². The molecule has 0 bridgehead atoms. The maximum Gasteiger partial charge on any atom is 0.236 e. The molecule has 1 atom stereocenters. The molecule has 7 heteroatoms. The predicted octanol–water partition coefficient (Wildman–Crippen LogP) is 0.943. The normalized spacial score (nSPS) is 24.4. The van der Waals surface area contributed by atoms with E-state index in [2.05, 4.69) is 4.90 Å². The molecule has 1 aromatic rings. The Balaban J connectivity index is 1.56. The lowest BCUT2D eigenvalue weighted by atomic mass is 10.0. The second-order valence-electron chi connectivity index (χ2n) is 7.84. The summed E-state index contributed by atoms with van der Waals surface area (Å²) in [5, 5.41) is 11.0. The summed E-state index contributed by atoms with van der Waals surface area (Å²) in [6.45, 7) is 4.45. The van der Waals surface area contributed by atoms with Crippen LogP contribution in [0.2, 0.25) is 0 Å². The summed E-state index contributed by atoms with van der Waals surface area (Å²) in [7, 11) is 1.80. The number of benzene rings is 1. The summed E-state index contributed by atoms with van der Waals surface area (Å²) in [5.41, 5.74) is -0.474. The Morgan fingerprint density at radius 1 is 1.30 bits per heavy atom. The number of ether oxygens (including phenoxy) is 1. The van der Waals surface area contributed by atoms with Crippen molar-refractivity contribution in [2.24, 2.45) is 0 Å². The number of likely N-dealkylation sites (N-methyl/N-ethyl adjacent to an activating group) is 1. The fraction of sp³-hybridized carbons (Fsp3) is 0.650. The number of hydrogen-bond acceptors (Lipinski definition) is 5. The number of carbonyl (C=O) groups is 1. The second kappa shape index (κ2) is 9.10. The Kier molecular flexibility index (Phi) is 6.81. The van der Waals surface area contributed by atoms with E-state index in [9.17, 15) is 14.3 Å². The third-order valence-electron chi connectivity index (χ3n) is 5.23. The average molecular weight is 379 g/mol. The molecule has 1 aromatic carbocycles. The van der Waals surface area contributed by atoms with E-state index in [1.54, 1.807) is 35.0 Å². The highest BCUT2D eigenvalue weighted by Gasteiger charge is 2.36. The lowest BCUT2D eigenvalue weighted by Crippen LogP contribution is -2.54. The molecule has 1 amide bonds. The van der Waals surface area contributed by atoms with Gasteiger partial charge in [0.1, 0.15) is 11.4 Å². The molecule has 0 aliphatic carbocycles. The Hall–Kier alpha value is -1.54. The number of aliphatic hydroxyl groups is 1. The minimum absolute atomic E-state index is 0.0702. The van der Waals surface area contributed by atoms with Crippen molar-refractivity contribution in [1.29, 1.82) is 0 Å². The Labute approximate surface area is 160 Å². The molecule has 2 heterocycles. The number of carbonyl (C=O) groups excluding carboxylic acids is 1. The van der Waals surface area contributed by atoms with Crippen molar-refractivity contribution in [2.45, 2.75) is 25.0 Å². The van der Waals surface area contributed by atoms with E-state index in [4.69, 9.17) is 4.74 Å². The zero-order valence-corrected chi connectivity index (χ0v) is 16.1. The number of amides is 1. The van der Waals surface area contributed by atoms with Crippen LogP contribution in [0.3, 0.4) is 0 Å². The smallest absolute Gasteiger partial charge is 0.236 e. The monoisotopic (exact) mass is 379 g/mol. The van der Waals surface area contributed by atoms with Crippen LogP contribution in [-0.2, 0) is 16.1 Å². The molecule has 2 saturated heterocycles. The van der Waals surface area contributed by atoms with Crippen LogP contribution in [0.5, 0.6) is 0 Å². The summed E-state index contributed by atoms with van der Waals surface area (Å²) in [6, 6.07) is 6.60.